The molecular formula is C12H21N3O. The van der Waals surface area contributed by atoms with Crippen LogP contribution in [0.1, 0.15) is 63.6 Å². The molecule has 0 radical (unpaired) electrons. The van der Waals surface area contributed by atoms with E-state index in [1.165, 1.54) is 19.3 Å². The number of rotatable bonds is 3. The van der Waals surface area contributed by atoms with Crippen LogP contribution < -0.4 is 5.73 Å². The Morgan fingerprint density at radius 2 is 2.00 bits per heavy atom. The van der Waals surface area contributed by atoms with E-state index < -0.39 is 0 Å². The zero-order chi connectivity index (χ0) is 11.6. The first-order valence-electron chi connectivity index (χ1n) is 6.20. The fraction of sp³-hybridized carbons (Fsp3) is 0.833. The molecule has 1 aromatic rings. The first-order valence-corrected chi connectivity index (χ1v) is 6.20. The normalized spacial score (nSPS) is 20.2. The van der Waals surface area contributed by atoms with E-state index in [0.29, 0.717) is 11.8 Å². The molecule has 90 valence electrons. The highest BCUT2D eigenvalue weighted by atomic mass is 16.5. The van der Waals surface area contributed by atoms with Crippen molar-refractivity contribution >= 4 is 0 Å². The van der Waals surface area contributed by atoms with Crippen molar-refractivity contribution < 1.29 is 4.52 Å². The van der Waals surface area contributed by atoms with Gasteiger partial charge in [-0.15, -0.1) is 0 Å². The molecule has 1 saturated carbocycles. The molecule has 0 amide bonds. The molecule has 4 nitrogen and oxygen atoms in total. The fourth-order valence-corrected chi connectivity index (χ4v) is 2.31. The monoisotopic (exact) mass is 223 g/mol. The standard InChI is InChI=1S/C12H21N3O/c1-9(2)11-14-10(16-15-11)8-12(13)6-4-3-5-7-12/h9H,3-8,13H2,1-2H3. The van der Waals surface area contributed by atoms with Crippen LogP contribution in [0.3, 0.4) is 0 Å². The van der Waals surface area contributed by atoms with Crippen molar-refractivity contribution in [1.29, 1.82) is 0 Å². The summed E-state index contributed by atoms with van der Waals surface area (Å²) in [6.07, 6.45) is 6.63. The summed E-state index contributed by atoms with van der Waals surface area (Å²) in [7, 11) is 0. The summed E-state index contributed by atoms with van der Waals surface area (Å²) in [5, 5.41) is 3.97. The summed E-state index contributed by atoms with van der Waals surface area (Å²) in [5.41, 5.74) is 6.24. The van der Waals surface area contributed by atoms with Gasteiger partial charge in [0.15, 0.2) is 5.82 Å². The van der Waals surface area contributed by atoms with E-state index in [1.807, 2.05) is 0 Å². The number of aromatic nitrogens is 2. The van der Waals surface area contributed by atoms with Crippen molar-refractivity contribution in [3.63, 3.8) is 0 Å². The van der Waals surface area contributed by atoms with Gasteiger partial charge in [-0.25, -0.2) is 0 Å². The Kier molecular flexibility index (Phi) is 3.28. The van der Waals surface area contributed by atoms with Gasteiger partial charge in [0.1, 0.15) is 0 Å². The van der Waals surface area contributed by atoms with Gasteiger partial charge in [0.2, 0.25) is 5.89 Å². The predicted octanol–water partition coefficient (Wildman–Crippen LogP) is 2.40. The van der Waals surface area contributed by atoms with E-state index in [0.717, 1.165) is 25.1 Å². The molecule has 4 heteroatoms. The molecule has 2 N–H and O–H groups in total. The minimum atomic E-state index is -0.112. The number of hydrogen-bond donors (Lipinski definition) is 1. The molecular weight excluding hydrogens is 202 g/mol. The zero-order valence-corrected chi connectivity index (χ0v) is 10.2. The van der Waals surface area contributed by atoms with E-state index in [2.05, 4.69) is 24.0 Å². The van der Waals surface area contributed by atoms with E-state index in [1.54, 1.807) is 0 Å². The highest BCUT2D eigenvalue weighted by Crippen LogP contribution is 2.28. The first-order chi connectivity index (χ1) is 7.59. The molecule has 0 aliphatic heterocycles. The van der Waals surface area contributed by atoms with Crippen molar-refractivity contribution in [2.45, 2.75) is 63.8 Å². The van der Waals surface area contributed by atoms with Gasteiger partial charge in [-0.2, -0.15) is 4.98 Å². The highest BCUT2D eigenvalue weighted by Gasteiger charge is 2.30. The molecule has 0 atom stereocenters. The van der Waals surface area contributed by atoms with Crippen LogP contribution in [0.2, 0.25) is 0 Å². The number of hydrogen-bond acceptors (Lipinski definition) is 4. The van der Waals surface area contributed by atoms with Crippen molar-refractivity contribution in [1.82, 2.24) is 10.1 Å². The summed E-state index contributed by atoms with van der Waals surface area (Å²) in [6, 6.07) is 0. The third-order valence-corrected chi connectivity index (χ3v) is 3.35. The molecule has 1 fully saturated rings. The molecule has 1 heterocycles. The van der Waals surface area contributed by atoms with E-state index in [4.69, 9.17) is 10.3 Å². The van der Waals surface area contributed by atoms with Gasteiger partial charge >= 0.3 is 0 Å². The Morgan fingerprint density at radius 1 is 1.31 bits per heavy atom. The fourth-order valence-electron chi connectivity index (χ4n) is 2.31. The lowest BCUT2D eigenvalue weighted by atomic mass is 9.80. The van der Waals surface area contributed by atoms with E-state index in [9.17, 15) is 0 Å². The van der Waals surface area contributed by atoms with Gasteiger partial charge in [0, 0.05) is 17.9 Å². The lowest BCUT2D eigenvalue weighted by Gasteiger charge is -2.31. The van der Waals surface area contributed by atoms with Crippen LogP contribution in [-0.4, -0.2) is 15.7 Å². The number of nitrogens with zero attached hydrogens (tertiary/aromatic N) is 2. The molecule has 1 aliphatic rings. The average molecular weight is 223 g/mol. The third kappa shape index (κ3) is 2.61. The smallest absolute Gasteiger partial charge is 0.228 e. The zero-order valence-electron chi connectivity index (χ0n) is 10.2. The van der Waals surface area contributed by atoms with Crippen molar-refractivity contribution in [3.05, 3.63) is 11.7 Å². The first kappa shape index (κ1) is 11.6. The third-order valence-electron chi connectivity index (χ3n) is 3.35. The Morgan fingerprint density at radius 3 is 2.56 bits per heavy atom. The van der Waals surface area contributed by atoms with Crippen LogP contribution in [0, 0.1) is 0 Å². The number of nitrogens with two attached hydrogens (primary N) is 1. The van der Waals surface area contributed by atoms with E-state index >= 15 is 0 Å². The second kappa shape index (κ2) is 4.53. The van der Waals surface area contributed by atoms with Gasteiger partial charge in [-0.3, -0.25) is 0 Å². The Hall–Kier alpha value is -0.900. The van der Waals surface area contributed by atoms with Gasteiger partial charge in [0.25, 0.3) is 0 Å². The van der Waals surface area contributed by atoms with Gasteiger partial charge in [-0.05, 0) is 12.8 Å². The van der Waals surface area contributed by atoms with E-state index in [-0.39, 0.29) is 5.54 Å². The minimum Gasteiger partial charge on any atom is -0.339 e. The largest absolute Gasteiger partial charge is 0.339 e. The Balaban J connectivity index is 2.02. The van der Waals surface area contributed by atoms with Crippen molar-refractivity contribution in [3.8, 4) is 0 Å². The summed E-state index contributed by atoms with van der Waals surface area (Å²) >= 11 is 0. The summed E-state index contributed by atoms with van der Waals surface area (Å²) in [6.45, 7) is 4.13. The maximum absolute atomic E-state index is 6.35. The van der Waals surface area contributed by atoms with Gasteiger partial charge < -0.3 is 10.3 Å². The quantitative estimate of drug-likeness (QED) is 0.854. The summed E-state index contributed by atoms with van der Waals surface area (Å²) in [5.74, 6) is 1.81. The Labute approximate surface area is 96.6 Å². The minimum absolute atomic E-state index is 0.112. The summed E-state index contributed by atoms with van der Waals surface area (Å²) in [4.78, 5) is 4.39. The molecule has 0 spiro atoms. The molecule has 16 heavy (non-hydrogen) atoms. The Bertz CT molecular complexity index is 340. The van der Waals surface area contributed by atoms with Crippen LogP contribution in [0.15, 0.2) is 4.52 Å². The van der Waals surface area contributed by atoms with Crippen molar-refractivity contribution in [2.24, 2.45) is 5.73 Å². The topological polar surface area (TPSA) is 64.9 Å². The van der Waals surface area contributed by atoms with Crippen LogP contribution in [0.4, 0.5) is 0 Å². The molecule has 0 bridgehead atoms. The van der Waals surface area contributed by atoms with Crippen molar-refractivity contribution in [2.75, 3.05) is 0 Å². The van der Waals surface area contributed by atoms with Gasteiger partial charge in [-0.1, -0.05) is 38.3 Å². The molecule has 1 aliphatic carbocycles. The second-order valence-corrected chi connectivity index (χ2v) is 5.30. The second-order valence-electron chi connectivity index (χ2n) is 5.30. The average Bonchev–Trinajstić information content (AvgIpc) is 2.66. The summed E-state index contributed by atoms with van der Waals surface area (Å²) < 4.78 is 5.25. The molecule has 0 aromatic carbocycles. The maximum Gasteiger partial charge on any atom is 0.228 e. The van der Waals surface area contributed by atoms with Crippen LogP contribution >= 0.6 is 0 Å². The lowest BCUT2D eigenvalue weighted by molar-refractivity contribution is 0.260. The van der Waals surface area contributed by atoms with Gasteiger partial charge in [0.05, 0.1) is 0 Å². The molecule has 0 unspecified atom stereocenters. The molecule has 1 aromatic heterocycles. The molecule has 0 saturated heterocycles. The van der Waals surface area contributed by atoms with Crippen LogP contribution in [-0.2, 0) is 6.42 Å². The predicted molar refractivity (Wildman–Crippen MR) is 62.1 cm³/mol. The maximum atomic E-state index is 6.35. The highest BCUT2D eigenvalue weighted by molar-refractivity contribution is 4.99. The van der Waals surface area contributed by atoms with Crippen LogP contribution in [0.5, 0.6) is 0 Å². The SMILES string of the molecule is CC(C)c1noc(CC2(N)CCCCC2)n1. The molecule has 2 rings (SSSR count). The lowest BCUT2D eigenvalue weighted by Crippen LogP contribution is -2.43. The van der Waals surface area contributed by atoms with Crippen LogP contribution in [0.25, 0.3) is 0 Å².